The molecule has 118 valence electrons. The molecule has 1 atom stereocenters. The molecule has 0 fully saturated rings. The second kappa shape index (κ2) is 8.94. The van der Waals surface area contributed by atoms with Crippen LogP contribution in [0.3, 0.4) is 0 Å². The van der Waals surface area contributed by atoms with Gasteiger partial charge in [-0.25, -0.2) is 0 Å². The standard InChI is InChI=1S/C15H24O5Si/c1-4-18-21(19-5-2,20-6-3)14(15(16)17)12-13-10-8-7-9-11-13/h7-11,14H,4-6,12H2,1-3H3,(H,16,17). The normalized spacial score (nSPS) is 13.1. The number of rotatable bonds is 10. The molecule has 0 aliphatic heterocycles. The molecule has 1 aromatic rings. The number of hydrogen-bond donors (Lipinski definition) is 1. The van der Waals surface area contributed by atoms with E-state index >= 15 is 0 Å². The van der Waals surface area contributed by atoms with Crippen LogP contribution < -0.4 is 0 Å². The number of aliphatic carboxylic acids is 1. The lowest BCUT2D eigenvalue weighted by atomic mass is 10.1. The average Bonchev–Trinajstić information content (AvgIpc) is 2.46. The van der Waals surface area contributed by atoms with Crippen molar-refractivity contribution in [2.75, 3.05) is 19.8 Å². The van der Waals surface area contributed by atoms with E-state index in [2.05, 4.69) is 0 Å². The molecule has 21 heavy (non-hydrogen) atoms. The Morgan fingerprint density at radius 3 is 1.90 bits per heavy atom. The summed E-state index contributed by atoms with van der Waals surface area (Å²) in [4.78, 5) is 11.8. The van der Waals surface area contributed by atoms with E-state index in [1.165, 1.54) is 0 Å². The summed E-state index contributed by atoms with van der Waals surface area (Å²) in [5, 5.41) is 9.64. The Bertz CT molecular complexity index is 406. The fourth-order valence-corrected chi connectivity index (χ4v) is 5.09. The largest absolute Gasteiger partial charge is 0.516 e. The van der Waals surface area contributed by atoms with Gasteiger partial charge in [0.05, 0.1) is 0 Å². The molecule has 0 radical (unpaired) electrons. The van der Waals surface area contributed by atoms with Crippen molar-refractivity contribution in [3.63, 3.8) is 0 Å². The van der Waals surface area contributed by atoms with Crippen LogP contribution in [0.2, 0.25) is 5.54 Å². The smallest absolute Gasteiger partial charge is 0.481 e. The van der Waals surface area contributed by atoms with Crippen LogP contribution in [0.4, 0.5) is 0 Å². The lowest BCUT2D eigenvalue weighted by Gasteiger charge is -2.33. The Morgan fingerprint density at radius 1 is 1.05 bits per heavy atom. The molecule has 1 aromatic carbocycles. The van der Waals surface area contributed by atoms with E-state index in [0.717, 1.165) is 5.56 Å². The van der Waals surface area contributed by atoms with Crippen molar-refractivity contribution >= 4 is 14.8 Å². The Kier molecular flexibility index (Phi) is 7.59. The van der Waals surface area contributed by atoms with E-state index in [0.29, 0.717) is 26.2 Å². The van der Waals surface area contributed by atoms with Gasteiger partial charge in [-0.05, 0) is 32.8 Å². The Hall–Kier alpha value is -1.21. The number of carboxylic acid groups (broad SMARTS) is 1. The molecule has 0 saturated heterocycles. The Morgan fingerprint density at radius 2 is 1.52 bits per heavy atom. The van der Waals surface area contributed by atoms with Crippen LogP contribution in [0, 0.1) is 0 Å². The van der Waals surface area contributed by atoms with Crippen LogP contribution in [-0.4, -0.2) is 39.7 Å². The van der Waals surface area contributed by atoms with E-state index in [1.807, 2.05) is 51.1 Å². The molecule has 0 aliphatic carbocycles. The van der Waals surface area contributed by atoms with E-state index in [4.69, 9.17) is 13.3 Å². The van der Waals surface area contributed by atoms with Gasteiger partial charge in [0, 0.05) is 19.8 Å². The highest BCUT2D eigenvalue weighted by Gasteiger charge is 2.53. The molecule has 0 bridgehead atoms. The van der Waals surface area contributed by atoms with Gasteiger partial charge in [0.25, 0.3) is 0 Å². The number of benzene rings is 1. The zero-order valence-corrected chi connectivity index (χ0v) is 13.9. The SMILES string of the molecule is CCO[Si](OCC)(OCC)C(Cc1ccccc1)C(=O)O. The first kappa shape index (κ1) is 17.8. The third-order valence-electron chi connectivity index (χ3n) is 3.04. The maximum Gasteiger partial charge on any atom is 0.516 e. The van der Waals surface area contributed by atoms with Gasteiger partial charge in [-0.1, -0.05) is 30.3 Å². The number of carbonyl (C=O) groups is 1. The van der Waals surface area contributed by atoms with Gasteiger partial charge in [-0.3, -0.25) is 4.79 Å². The van der Waals surface area contributed by atoms with Gasteiger partial charge in [-0.2, -0.15) is 0 Å². The van der Waals surface area contributed by atoms with Crippen LogP contribution in [-0.2, 0) is 24.5 Å². The Labute approximate surface area is 127 Å². The highest BCUT2D eigenvalue weighted by molar-refractivity contribution is 6.66. The minimum atomic E-state index is -3.27. The minimum absolute atomic E-state index is 0.336. The van der Waals surface area contributed by atoms with Crippen molar-refractivity contribution < 1.29 is 23.2 Å². The summed E-state index contributed by atoms with van der Waals surface area (Å²) in [5.41, 5.74) is 0.126. The van der Waals surface area contributed by atoms with Crippen LogP contribution in [0.15, 0.2) is 30.3 Å². The van der Waals surface area contributed by atoms with Gasteiger partial charge in [0.1, 0.15) is 5.54 Å². The van der Waals surface area contributed by atoms with E-state index in [9.17, 15) is 9.90 Å². The Balaban J connectivity index is 3.08. The highest BCUT2D eigenvalue weighted by Crippen LogP contribution is 2.30. The lowest BCUT2D eigenvalue weighted by molar-refractivity contribution is -0.138. The van der Waals surface area contributed by atoms with Crippen molar-refractivity contribution in [1.29, 1.82) is 0 Å². The number of carboxylic acids is 1. The van der Waals surface area contributed by atoms with E-state index in [1.54, 1.807) is 0 Å². The zero-order chi connectivity index (χ0) is 15.7. The third-order valence-corrected chi connectivity index (χ3v) is 6.42. The second-order valence-electron chi connectivity index (χ2n) is 4.48. The van der Waals surface area contributed by atoms with Gasteiger partial charge in [0.2, 0.25) is 0 Å². The molecule has 0 heterocycles. The van der Waals surface area contributed by atoms with Gasteiger partial charge >= 0.3 is 14.8 Å². The lowest BCUT2D eigenvalue weighted by Crippen LogP contribution is -2.53. The molecule has 1 rings (SSSR count). The molecular formula is C15H24O5Si. The van der Waals surface area contributed by atoms with Crippen LogP contribution in [0.5, 0.6) is 0 Å². The minimum Gasteiger partial charge on any atom is -0.481 e. The molecule has 0 amide bonds. The predicted molar refractivity (Wildman–Crippen MR) is 82.2 cm³/mol. The average molecular weight is 312 g/mol. The van der Waals surface area contributed by atoms with Crippen LogP contribution >= 0.6 is 0 Å². The van der Waals surface area contributed by atoms with Crippen molar-refractivity contribution in [2.24, 2.45) is 0 Å². The topological polar surface area (TPSA) is 65.0 Å². The quantitative estimate of drug-likeness (QED) is 0.673. The van der Waals surface area contributed by atoms with Crippen LogP contribution in [0.1, 0.15) is 26.3 Å². The van der Waals surface area contributed by atoms with E-state index in [-0.39, 0.29) is 0 Å². The first-order valence-corrected chi connectivity index (χ1v) is 9.08. The van der Waals surface area contributed by atoms with Crippen molar-refractivity contribution in [3.8, 4) is 0 Å². The fraction of sp³-hybridized carbons (Fsp3) is 0.533. The van der Waals surface area contributed by atoms with Gasteiger partial charge in [0.15, 0.2) is 0 Å². The molecule has 0 aromatic heterocycles. The molecule has 1 N–H and O–H groups in total. The zero-order valence-electron chi connectivity index (χ0n) is 12.9. The maximum atomic E-state index is 11.8. The summed E-state index contributed by atoms with van der Waals surface area (Å²) >= 11 is 0. The summed E-state index contributed by atoms with van der Waals surface area (Å²) in [7, 11) is -3.27. The van der Waals surface area contributed by atoms with Crippen molar-refractivity contribution in [1.82, 2.24) is 0 Å². The molecule has 0 spiro atoms. The van der Waals surface area contributed by atoms with Crippen molar-refractivity contribution in [3.05, 3.63) is 35.9 Å². The first-order chi connectivity index (χ1) is 10.1. The van der Waals surface area contributed by atoms with Gasteiger partial charge in [-0.15, -0.1) is 0 Å². The molecule has 5 nitrogen and oxygen atoms in total. The highest BCUT2D eigenvalue weighted by atomic mass is 28.4. The molecule has 6 heteroatoms. The molecule has 0 saturated carbocycles. The van der Waals surface area contributed by atoms with Crippen molar-refractivity contribution in [2.45, 2.75) is 32.7 Å². The van der Waals surface area contributed by atoms with Gasteiger partial charge < -0.3 is 18.4 Å². The summed E-state index contributed by atoms with van der Waals surface area (Å²) in [6, 6.07) is 9.48. The maximum absolute atomic E-state index is 11.8. The first-order valence-electron chi connectivity index (χ1n) is 7.28. The third kappa shape index (κ3) is 4.92. The molecular weight excluding hydrogens is 288 g/mol. The second-order valence-corrected chi connectivity index (χ2v) is 7.25. The summed E-state index contributed by atoms with van der Waals surface area (Å²) in [6.45, 7) is 6.56. The monoisotopic (exact) mass is 312 g/mol. The van der Waals surface area contributed by atoms with E-state index < -0.39 is 20.3 Å². The molecule has 1 unspecified atom stereocenters. The molecule has 0 aliphatic rings. The number of hydrogen-bond acceptors (Lipinski definition) is 4. The van der Waals surface area contributed by atoms with Crippen LogP contribution in [0.25, 0.3) is 0 Å². The fourth-order valence-electron chi connectivity index (χ4n) is 2.24. The summed E-state index contributed by atoms with van der Waals surface area (Å²) in [6.07, 6.45) is 0.336. The summed E-state index contributed by atoms with van der Waals surface area (Å²) in [5.74, 6) is -0.944. The summed E-state index contributed by atoms with van der Waals surface area (Å²) < 4.78 is 17.2. The predicted octanol–water partition coefficient (Wildman–Crippen LogP) is 2.73.